The van der Waals surface area contributed by atoms with Gasteiger partial charge in [0, 0.05) is 25.3 Å². The van der Waals surface area contributed by atoms with Gasteiger partial charge >= 0.3 is 0 Å². The van der Waals surface area contributed by atoms with Crippen LogP contribution in [0.3, 0.4) is 0 Å². The van der Waals surface area contributed by atoms with Gasteiger partial charge in [-0.15, -0.1) is 0 Å². The van der Waals surface area contributed by atoms with Crippen LogP contribution in [0.5, 0.6) is 0 Å². The van der Waals surface area contributed by atoms with Crippen LogP contribution in [0.4, 0.5) is 8.78 Å². The zero-order valence-electron chi connectivity index (χ0n) is 11.0. The van der Waals surface area contributed by atoms with Gasteiger partial charge in [0.05, 0.1) is 12.6 Å². The van der Waals surface area contributed by atoms with Crippen LogP contribution >= 0.6 is 0 Å². The molecule has 0 aromatic heterocycles. The summed E-state index contributed by atoms with van der Waals surface area (Å²) in [6, 6.07) is 3.35. The first kappa shape index (κ1) is 15.0. The molecule has 0 aliphatic heterocycles. The smallest absolute Gasteiger partial charge is 0.130 e. The minimum absolute atomic E-state index is 0.0163. The number of hydrogen-bond donors (Lipinski definition) is 1. The first-order valence-electron chi connectivity index (χ1n) is 5.87. The molecule has 0 fully saturated rings. The van der Waals surface area contributed by atoms with Gasteiger partial charge in [0.2, 0.25) is 0 Å². The number of ether oxygens (including phenoxy) is 1. The standard InChI is InChI=1S/C13H20F2N2O/c1-9(8-18-3)17(2)12(7-16)13-10(14)5-4-6-11(13)15/h4-6,9,12H,7-8,16H2,1-3H3. The van der Waals surface area contributed by atoms with E-state index in [2.05, 4.69) is 0 Å². The molecule has 18 heavy (non-hydrogen) atoms. The van der Waals surface area contributed by atoms with Crippen LogP contribution in [0.25, 0.3) is 0 Å². The summed E-state index contributed by atoms with van der Waals surface area (Å²) in [5.74, 6) is -1.14. The summed E-state index contributed by atoms with van der Waals surface area (Å²) in [5, 5.41) is 0. The SMILES string of the molecule is COCC(C)N(C)C(CN)c1c(F)cccc1F. The van der Waals surface area contributed by atoms with Crippen LogP contribution in [0.15, 0.2) is 18.2 Å². The quantitative estimate of drug-likeness (QED) is 0.847. The van der Waals surface area contributed by atoms with Gasteiger partial charge in [0.15, 0.2) is 0 Å². The maximum atomic E-state index is 13.7. The monoisotopic (exact) mass is 258 g/mol. The molecule has 0 spiro atoms. The Kier molecular flexibility index (Phi) is 5.65. The van der Waals surface area contributed by atoms with Gasteiger partial charge < -0.3 is 10.5 Å². The predicted molar refractivity (Wildman–Crippen MR) is 67.3 cm³/mol. The van der Waals surface area contributed by atoms with E-state index < -0.39 is 17.7 Å². The van der Waals surface area contributed by atoms with Gasteiger partial charge in [0.25, 0.3) is 0 Å². The zero-order valence-corrected chi connectivity index (χ0v) is 11.0. The third-order valence-corrected chi connectivity index (χ3v) is 3.15. The number of methoxy groups -OCH3 is 1. The number of nitrogens with two attached hydrogens (primary N) is 1. The van der Waals surface area contributed by atoms with Crippen molar-refractivity contribution in [1.29, 1.82) is 0 Å². The highest BCUT2D eigenvalue weighted by atomic mass is 19.1. The first-order valence-corrected chi connectivity index (χ1v) is 5.87. The van der Waals surface area contributed by atoms with Crippen LogP contribution in [-0.2, 0) is 4.74 Å². The number of benzene rings is 1. The Balaban J connectivity index is 3.02. The Morgan fingerprint density at radius 1 is 1.33 bits per heavy atom. The fourth-order valence-corrected chi connectivity index (χ4v) is 1.98. The van der Waals surface area contributed by atoms with Crippen LogP contribution in [0.1, 0.15) is 18.5 Å². The number of nitrogens with zero attached hydrogens (tertiary/aromatic N) is 1. The Bertz CT molecular complexity index is 367. The van der Waals surface area contributed by atoms with Gasteiger partial charge in [-0.2, -0.15) is 0 Å². The summed E-state index contributed by atoms with van der Waals surface area (Å²) in [5.41, 5.74) is 5.68. The van der Waals surface area contributed by atoms with E-state index >= 15 is 0 Å². The van der Waals surface area contributed by atoms with E-state index in [1.807, 2.05) is 11.8 Å². The summed E-state index contributed by atoms with van der Waals surface area (Å²) in [4.78, 5) is 1.82. The van der Waals surface area contributed by atoms with Gasteiger partial charge in [-0.3, -0.25) is 4.90 Å². The molecule has 2 N–H and O–H groups in total. The summed E-state index contributed by atoms with van der Waals surface area (Å²) in [6.07, 6.45) is 0. The summed E-state index contributed by atoms with van der Waals surface area (Å²) >= 11 is 0. The van der Waals surface area contributed by atoms with Crippen molar-refractivity contribution in [2.75, 3.05) is 27.3 Å². The molecule has 3 nitrogen and oxygen atoms in total. The molecule has 102 valence electrons. The van der Waals surface area contributed by atoms with Gasteiger partial charge in [-0.25, -0.2) is 8.78 Å². The van der Waals surface area contributed by atoms with Crippen LogP contribution in [-0.4, -0.2) is 38.3 Å². The maximum Gasteiger partial charge on any atom is 0.130 e. The molecule has 0 bridgehead atoms. The lowest BCUT2D eigenvalue weighted by atomic mass is 10.0. The van der Waals surface area contributed by atoms with Gasteiger partial charge in [-0.05, 0) is 26.1 Å². The molecule has 0 aliphatic carbocycles. The molecular weight excluding hydrogens is 238 g/mol. The number of likely N-dealkylation sites (N-methyl/N-ethyl adjacent to an activating group) is 1. The van der Waals surface area contributed by atoms with Crippen LogP contribution in [0.2, 0.25) is 0 Å². The third kappa shape index (κ3) is 3.25. The molecule has 0 saturated carbocycles. The molecule has 0 aliphatic rings. The lowest BCUT2D eigenvalue weighted by Crippen LogP contribution is -2.40. The normalized spacial score (nSPS) is 14.8. The molecule has 1 aromatic rings. The van der Waals surface area contributed by atoms with E-state index in [-0.39, 0.29) is 18.2 Å². The Morgan fingerprint density at radius 2 is 1.89 bits per heavy atom. The van der Waals surface area contributed by atoms with Crippen molar-refractivity contribution in [3.05, 3.63) is 35.4 Å². The average molecular weight is 258 g/mol. The molecule has 0 radical (unpaired) electrons. The molecule has 0 amide bonds. The molecule has 5 heteroatoms. The van der Waals surface area contributed by atoms with Gasteiger partial charge in [0.1, 0.15) is 11.6 Å². The second-order valence-corrected chi connectivity index (χ2v) is 4.36. The molecule has 0 saturated heterocycles. The van der Waals surface area contributed by atoms with Crippen molar-refractivity contribution >= 4 is 0 Å². The van der Waals surface area contributed by atoms with E-state index in [1.54, 1.807) is 14.2 Å². The van der Waals surface area contributed by atoms with Crippen molar-refractivity contribution in [1.82, 2.24) is 4.90 Å². The fourth-order valence-electron chi connectivity index (χ4n) is 1.98. The van der Waals surface area contributed by atoms with E-state index in [0.29, 0.717) is 6.61 Å². The van der Waals surface area contributed by atoms with Crippen molar-refractivity contribution in [3.8, 4) is 0 Å². The molecule has 2 unspecified atom stereocenters. The minimum Gasteiger partial charge on any atom is -0.383 e. The fraction of sp³-hybridized carbons (Fsp3) is 0.538. The van der Waals surface area contributed by atoms with Crippen molar-refractivity contribution in [2.24, 2.45) is 5.73 Å². The Hall–Kier alpha value is -1.04. The lowest BCUT2D eigenvalue weighted by Gasteiger charge is -2.32. The number of rotatable bonds is 6. The van der Waals surface area contributed by atoms with Gasteiger partial charge in [-0.1, -0.05) is 6.07 Å². The highest BCUT2D eigenvalue weighted by molar-refractivity contribution is 5.24. The maximum absolute atomic E-state index is 13.7. The van der Waals surface area contributed by atoms with Crippen molar-refractivity contribution in [3.63, 3.8) is 0 Å². The highest BCUT2D eigenvalue weighted by Crippen LogP contribution is 2.25. The van der Waals surface area contributed by atoms with Crippen LogP contribution in [0, 0.1) is 11.6 Å². The molecule has 1 aromatic carbocycles. The molecular formula is C13H20F2N2O. The predicted octanol–water partition coefficient (Wildman–Crippen LogP) is 1.93. The number of hydrogen-bond acceptors (Lipinski definition) is 3. The average Bonchev–Trinajstić information content (AvgIpc) is 2.33. The lowest BCUT2D eigenvalue weighted by molar-refractivity contribution is 0.0888. The Labute approximate surface area is 107 Å². The third-order valence-electron chi connectivity index (χ3n) is 3.15. The van der Waals surface area contributed by atoms with E-state index in [9.17, 15) is 8.78 Å². The second-order valence-electron chi connectivity index (χ2n) is 4.36. The zero-order chi connectivity index (χ0) is 13.7. The van der Waals surface area contributed by atoms with Crippen LogP contribution < -0.4 is 5.73 Å². The largest absolute Gasteiger partial charge is 0.383 e. The van der Waals surface area contributed by atoms with Crippen molar-refractivity contribution < 1.29 is 13.5 Å². The molecule has 2 atom stereocenters. The summed E-state index contributed by atoms with van der Waals surface area (Å²) in [6.45, 7) is 2.54. The molecule has 1 rings (SSSR count). The Morgan fingerprint density at radius 3 is 2.33 bits per heavy atom. The van der Waals surface area contributed by atoms with Crippen molar-refractivity contribution in [2.45, 2.75) is 19.0 Å². The first-order chi connectivity index (χ1) is 8.52. The van der Waals surface area contributed by atoms with E-state index in [4.69, 9.17) is 10.5 Å². The summed E-state index contributed by atoms with van der Waals surface area (Å²) < 4.78 is 32.5. The topological polar surface area (TPSA) is 38.5 Å². The second kappa shape index (κ2) is 6.78. The number of halogens is 2. The highest BCUT2D eigenvalue weighted by Gasteiger charge is 2.25. The van der Waals surface area contributed by atoms with E-state index in [1.165, 1.54) is 18.2 Å². The van der Waals surface area contributed by atoms with E-state index in [0.717, 1.165) is 0 Å². The minimum atomic E-state index is -0.568. The molecule has 0 heterocycles. The summed E-state index contributed by atoms with van der Waals surface area (Å²) in [7, 11) is 3.37.